The molecule has 0 spiro atoms. The third-order valence-electron chi connectivity index (χ3n) is 5.62. The number of aliphatic carboxylic acids is 1. The van der Waals surface area contributed by atoms with Crippen molar-refractivity contribution in [2.24, 2.45) is 5.92 Å². The van der Waals surface area contributed by atoms with E-state index in [0.29, 0.717) is 12.8 Å². The monoisotopic (exact) mass is 394 g/mol. The first-order valence-electron chi connectivity index (χ1n) is 9.66. The van der Waals surface area contributed by atoms with Crippen LogP contribution in [0.2, 0.25) is 0 Å². The van der Waals surface area contributed by atoms with Gasteiger partial charge in [-0.15, -0.1) is 11.6 Å². The fourth-order valence-electron chi connectivity index (χ4n) is 3.82. The lowest BCUT2D eigenvalue weighted by atomic mass is 9.81. The van der Waals surface area contributed by atoms with Gasteiger partial charge in [0.1, 0.15) is 0 Å². The molecule has 27 heavy (non-hydrogen) atoms. The van der Waals surface area contributed by atoms with Crippen LogP contribution in [0.15, 0.2) is 36.4 Å². The molecule has 4 nitrogen and oxygen atoms in total. The quantitative estimate of drug-likeness (QED) is 0.332. The Hall–Kier alpha value is -1.36. The second-order valence-electron chi connectivity index (χ2n) is 8.17. The van der Waals surface area contributed by atoms with E-state index in [1.165, 1.54) is 0 Å². The highest BCUT2D eigenvalue weighted by atomic mass is 35.5. The van der Waals surface area contributed by atoms with Crippen LogP contribution in [0.3, 0.4) is 0 Å². The second kappa shape index (κ2) is 9.72. The molecular weight excluding hydrogens is 364 g/mol. The van der Waals surface area contributed by atoms with Crippen molar-refractivity contribution < 1.29 is 20.1 Å². The normalized spacial score (nSPS) is 26.0. The summed E-state index contributed by atoms with van der Waals surface area (Å²) in [7, 11) is 0. The lowest BCUT2D eigenvalue weighted by Crippen LogP contribution is -2.22. The summed E-state index contributed by atoms with van der Waals surface area (Å²) in [5.74, 6) is -0.632. The van der Waals surface area contributed by atoms with Crippen molar-refractivity contribution in [3.63, 3.8) is 0 Å². The Kier molecular flexibility index (Phi) is 7.90. The van der Waals surface area contributed by atoms with Gasteiger partial charge in [0.05, 0.1) is 12.7 Å². The average molecular weight is 395 g/mol. The Bertz CT molecular complexity index is 638. The Morgan fingerprint density at radius 1 is 1.26 bits per heavy atom. The van der Waals surface area contributed by atoms with Crippen molar-refractivity contribution in [3.05, 3.63) is 47.5 Å². The van der Waals surface area contributed by atoms with Gasteiger partial charge in [-0.05, 0) is 42.7 Å². The highest BCUT2D eigenvalue weighted by Crippen LogP contribution is 2.45. The van der Waals surface area contributed by atoms with E-state index in [4.69, 9.17) is 16.7 Å². The number of hydrogen-bond donors (Lipinski definition) is 3. The van der Waals surface area contributed by atoms with Crippen LogP contribution in [-0.2, 0) is 10.2 Å². The molecule has 0 bridgehead atoms. The molecule has 1 aromatic rings. The summed E-state index contributed by atoms with van der Waals surface area (Å²) in [6, 6.07) is 8.13. The highest BCUT2D eigenvalue weighted by Gasteiger charge is 2.41. The molecule has 1 aromatic carbocycles. The molecule has 1 saturated carbocycles. The topological polar surface area (TPSA) is 77.8 Å². The van der Waals surface area contributed by atoms with E-state index in [1.807, 2.05) is 44.2 Å². The van der Waals surface area contributed by atoms with Gasteiger partial charge in [-0.2, -0.15) is 0 Å². The van der Waals surface area contributed by atoms with Gasteiger partial charge >= 0.3 is 5.97 Å². The van der Waals surface area contributed by atoms with Crippen LogP contribution in [-0.4, -0.2) is 39.4 Å². The van der Waals surface area contributed by atoms with Crippen molar-refractivity contribution in [1.82, 2.24) is 0 Å². The maximum atomic E-state index is 10.5. The predicted octanol–water partition coefficient (Wildman–Crippen LogP) is 4.23. The first-order valence-corrected chi connectivity index (χ1v) is 10.1. The first kappa shape index (κ1) is 21.9. The SMILES string of the molecule is CC(C)(CO)c1ccc([C@@H]2[C@@H](CC=CCCCC(=O)O)[C@H](Cl)C[C@H]2O)cc1. The molecule has 0 aliphatic heterocycles. The molecule has 3 N–H and O–H groups in total. The van der Waals surface area contributed by atoms with Crippen LogP contribution in [0, 0.1) is 5.92 Å². The Labute approximate surface area is 166 Å². The maximum Gasteiger partial charge on any atom is 0.303 e. The van der Waals surface area contributed by atoms with Crippen LogP contribution in [0.1, 0.15) is 63.0 Å². The molecule has 0 unspecified atom stereocenters. The van der Waals surface area contributed by atoms with Crippen LogP contribution < -0.4 is 0 Å². The van der Waals surface area contributed by atoms with Gasteiger partial charge in [-0.1, -0.05) is 50.3 Å². The second-order valence-corrected chi connectivity index (χ2v) is 8.73. The van der Waals surface area contributed by atoms with Gasteiger partial charge in [-0.25, -0.2) is 0 Å². The number of unbranched alkanes of at least 4 members (excludes halogenated alkanes) is 1. The minimum Gasteiger partial charge on any atom is -0.481 e. The molecule has 150 valence electrons. The van der Waals surface area contributed by atoms with Gasteiger partial charge in [0.15, 0.2) is 0 Å². The number of carboxylic acid groups (broad SMARTS) is 1. The zero-order valence-corrected chi connectivity index (χ0v) is 16.9. The van der Waals surface area contributed by atoms with Gasteiger partial charge in [-0.3, -0.25) is 4.79 Å². The van der Waals surface area contributed by atoms with Crippen molar-refractivity contribution >= 4 is 17.6 Å². The molecule has 0 radical (unpaired) electrons. The molecule has 0 heterocycles. The molecule has 0 amide bonds. The summed E-state index contributed by atoms with van der Waals surface area (Å²) >= 11 is 6.52. The molecule has 5 heteroatoms. The van der Waals surface area contributed by atoms with E-state index in [2.05, 4.69) is 6.08 Å². The Morgan fingerprint density at radius 3 is 2.52 bits per heavy atom. The number of hydrogen-bond acceptors (Lipinski definition) is 3. The zero-order chi connectivity index (χ0) is 20.0. The molecule has 2 rings (SSSR count). The number of benzene rings is 1. The lowest BCUT2D eigenvalue weighted by molar-refractivity contribution is -0.137. The average Bonchev–Trinajstić information content (AvgIpc) is 2.91. The minimum atomic E-state index is -0.768. The maximum absolute atomic E-state index is 10.5. The number of carbonyl (C=O) groups is 1. The molecule has 0 aromatic heterocycles. The van der Waals surface area contributed by atoms with Gasteiger partial charge in [0.25, 0.3) is 0 Å². The standard InChI is InChI=1S/C22H31ClO4/c1-22(2,14-24)16-11-9-15(10-12-16)21-17(18(23)13-19(21)25)7-5-3-4-6-8-20(26)27/h3,5,9-12,17-19,21,24-25H,4,6-8,13-14H2,1-2H3,(H,26,27)/t17-,18+,19+,21+/m0/s1. The van der Waals surface area contributed by atoms with Crippen LogP contribution >= 0.6 is 11.6 Å². The smallest absolute Gasteiger partial charge is 0.303 e. The summed E-state index contributed by atoms with van der Waals surface area (Å²) in [5, 5.41) is 28.7. The van der Waals surface area contributed by atoms with Crippen LogP contribution in [0.4, 0.5) is 0 Å². The van der Waals surface area contributed by atoms with E-state index in [1.54, 1.807) is 0 Å². The number of aliphatic hydroxyl groups is 2. The molecule has 1 aliphatic carbocycles. The van der Waals surface area contributed by atoms with Gasteiger partial charge in [0, 0.05) is 23.1 Å². The summed E-state index contributed by atoms with van der Waals surface area (Å²) in [6.07, 6.45) is 6.52. The van der Waals surface area contributed by atoms with Gasteiger partial charge < -0.3 is 15.3 Å². The number of rotatable bonds is 9. The fourth-order valence-corrected chi connectivity index (χ4v) is 4.26. The van der Waals surface area contributed by atoms with Crippen LogP contribution in [0.25, 0.3) is 0 Å². The predicted molar refractivity (Wildman–Crippen MR) is 108 cm³/mol. The van der Waals surface area contributed by atoms with E-state index < -0.39 is 12.1 Å². The van der Waals surface area contributed by atoms with E-state index in [9.17, 15) is 15.0 Å². The lowest BCUT2D eigenvalue weighted by Gasteiger charge is -2.26. The van der Waals surface area contributed by atoms with Crippen molar-refractivity contribution in [1.29, 1.82) is 0 Å². The fraction of sp³-hybridized carbons (Fsp3) is 0.591. The highest BCUT2D eigenvalue weighted by molar-refractivity contribution is 6.21. The molecular formula is C22H31ClO4. The molecule has 0 saturated heterocycles. The molecule has 4 atom stereocenters. The Morgan fingerprint density at radius 2 is 1.93 bits per heavy atom. The van der Waals surface area contributed by atoms with E-state index >= 15 is 0 Å². The first-order chi connectivity index (χ1) is 12.8. The Balaban J connectivity index is 2.04. The van der Waals surface area contributed by atoms with Crippen LogP contribution in [0.5, 0.6) is 0 Å². The van der Waals surface area contributed by atoms with Crippen molar-refractivity contribution in [3.8, 4) is 0 Å². The van der Waals surface area contributed by atoms with E-state index in [-0.39, 0.29) is 35.7 Å². The number of carboxylic acids is 1. The number of halogens is 1. The summed E-state index contributed by atoms with van der Waals surface area (Å²) < 4.78 is 0. The summed E-state index contributed by atoms with van der Waals surface area (Å²) in [5.41, 5.74) is 1.85. The third kappa shape index (κ3) is 5.81. The third-order valence-corrected chi connectivity index (χ3v) is 6.12. The van der Waals surface area contributed by atoms with Gasteiger partial charge in [0.2, 0.25) is 0 Å². The minimum absolute atomic E-state index is 0.0116. The van der Waals surface area contributed by atoms with E-state index in [0.717, 1.165) is 24.0 Å². The summed E-state index contributed by atoms with van der Waals surface area (Å²) in [4.78, 5) is 10.5. The van der Waals surface area contributed by atoms with Crippen molar-refractivity contribution in [2.75, 3.05) is 6.61 Å². The van der Waals surface area contributed by atoms with Crippen molar-refractivity contribution in [2.45, 2.75) is 68.8 Å². The largest absolute Gasteiger partial charge is 0.481 e. The molecule has 1 fully saturated rings. The number of allylic oxidation sites excluding steroid dienone is 2. The molecule has 1 aliphatic rings. The summed E-state index contributed by atoms with van der Waals surface area (Å²) in [6.45, 7) is 4.08. The zero-order valence-electron chi connectivity index (χ0n) is 16.1. The number of alkyl halides is 1. The number of aliphatic hydroxyl groups excluding tert-OH is 2.